The molecule has 0 aromatic heterocycles. The van der Waals surface area contributed by atoms with Crippen molar-refractivity contribution in [2.75, 3.05) is 19.6 Å². The minimum absolute atomic E-state index is 0.0352. The van der Waals surface area contributed by atoms with Crippen molar-refractivity contribution in [1.29, 1.82) is 0 Å². The smallest absolute Gasteiger partial charge is 0.227 e. The molecule has 0 heterocycles. The second kappa shape index (κ2) is 7.60. The number of hydrogen-bond donors (Lipinski definition) is 1. The summed E-state index contributed by atoms with van der Waals surface area (Å²) in [7, 11) is 0. The summed E-state index contributed by atoms with van der Waals surface area (Å²) in [6.07, 6.45) is 1.45. The Bertz CT molecular complexity index is 480. The predicted molar refractivity (Wildman–Crippen MR) is 89.3 cm³/mol. The van der Waals surface area contributed by atoms with Gasteiger partial charge in [0.05, 0.1) is 6.42 Å². The fourth-order valence-corrected chi connectivity index (χ4v) is 2.41. The molecule has 0 unspecified atom stereocenters. The Morgan fingerprint density at radius 1 is 1.29 bits per heavy atom. The minimum atomic E-state index is -0.0352. The maximum Gasteiger partial charge on any atom is 0.227 e. The molecule has 1 aromatic rings. The van der Waals surface area contributed by atoms with Gasteiger partial charge in [-0.1, -0.05) is 44.5 Å². The zero-order chi connectivity index (χ0) is 16.0. The van der Waals surface area contributed by atoms with Gasteiger partial charge in [-0.25, -0.2) is 0 Å². The third-order valence-corrected chi connectivity index (χ3v) is 3.86. The van der Waals surface area contributed by atoms with Crippen LogP contribution in [0.2, 0.25) is 0 Å². The summed E-state index contributed by atoms with van der Waals surface area (Å²) in [5, 5.41) is 0. The summed E-state index contributed by atoms with van der Waals surface area (Å²) in [6, 6.07) is 6.29. The van der Waals surface area contributed by atoms with E-state index in [9.17, 15) is 4.79 Å². The third-order valence-electron chi connectivity index (χ3n) is 3.86. The van der Waals surface area contributed by atoms with Crippen LogP contribution in [-0.2, 0) is 11.2 Å². The molecule has 2 N–H and O–H groups in total. The highest BCUT2D eigenvalue weighted by molar-refractivity contribution is 5.79. The molecule has 1 aromatic carbocycles. The van der Waals surface area contributed by atoms with Crippen molar-refractivity contribution in [2.24, 2.45) is 11.1 Å². The highest BCUT2D eigenvalue weighted by atomic mass is 16.2. The van der Waals surface area contributed by atoms with Crippen molar-refractivity contribution in [2.45, 2.75) is 47.5 Å². The average molecular weight is 290 g/mol. The lowest BCUT2D eigenvalue weighted by Gasteiger charge is -2.32. The summed E-state index contributed by atoms with van der Waals surface area (Å²) in [6.45, 7) is 12.6. The van der Waals surface area contributed by atoms with Crippen molar-refractivity contribution in [3.63, 3.8) is 0 Å². The number of carbonyl (C=O) groups excluding carboxylic acids is 1. The van der Waals surface area contributed by atoms with Gasteiger partial charge in [-0.2, -0.15) is 0 Å². The van der Waals surface area contributed by atoms with Gasteiger partial charge in [0.15, 0.2) is 0 Å². The van der Waals surface area contributed by atoms with Crippen molar-refractivity contribution in [3.8, 4) is 0 Å². The molecular formula is C18H30N2O. The van der Waals surface area contributed by atoms with Gasteiger partial charge >= 0.3 is 0 Å². The van der Waals surface area contributed by atoms with Gasteiger partial charge in [-0.15, -0.1) is 0 Å². The molecule has 0 fully saturated rings. The van der Waals surface area contributed by atoms with Crippen LogP contribution in [-0.4, -0.2) is 30.4 Å². The Hall–Kier alpha value is -1.35. The van der Waals surface area contributed by atoms with Crippen LogP contribution in [0.15, 0.2) is 18.2 Å². The highest BCUT2D eigenvalue weighted by Gasteiger charge is 2.23. The van der Waals surface area contributed by atoms with Gasteiger partial charge in [-0.3, -0.25) is 4.79 Å². The first-order valence-corrected chi connectivity index (χ1v) is 7.83. The van der Waals surface area contributed by atoms with Gasteiger partial charge in [0.25, 0.3) is 0 Å². The fraction of sp³-hybridized carbons (Fsp3) is 0.611. The van der Waals surface area contributed by atoms with Gasteiger partial charge in [0.1, 0.15) is 0 Å². The fourth-order valence-electron chi connectivity index (χ4n) is 2.41. The van der Waals surface area contributed by atoms with Crippen molar-refractivity contribution < 1.29 is 4.79 Å². The molecule has 1 amide bonds. The van der Waals surface area contributed by atoms with Crippen LogP contribution < -0.4 is 5.73 Å². The molecule has 0 radical (unpaired) electrons. The normalized spacial score (nSPS) is 11.5. The van der Waals surface area contributed by atoms with Crippen LogP contribution >= 0.6 is 0 Å². The lowest BCUT2D eigenvalue weighted by atomic mass is 9.92. The van der Waals surface area contributed by atoms with E-state index in [-0.39, 0.29) is 11.3 Å². The summed E-state index contributed by atoms with van der Waals surface area (Å²) < 4.78 is 0. The molecule has 0 bridgehead atoms. The SMILES string of the molecule is CCCN(CC(C)(C)CN)C(=O)Cc1cc(C)ccc1C. The van der Waals surface area contributed by atoms with Crippen LogP contribution in [0.5, 0.6) is 0 Å². The molecular weight excluding hydrogens is 260 g/mol. The first-order valence-electron chi connectivity index (χ1n) is 7.83. The number of nitrogens with zero attached hydrogens (tertiary/aromatic N) is 1. The first-order chi connectivity index (χ1) is 9.79. The Kier molecular flexibility index (Phi) is 6.41. The van der Waals surface area contributed by atoms with E-state index < -0.39 is 0 Å². The predicted octanol–water partition coefficient (Wildman–Crippen LogP) is 3.07. The molecule has 3 nitrogen and oxygen atoms in total. The van der Waals surface area contributed by atoms with E-state index >= 15 is 0 Å². The summed E-state index contributed by atoms with van der Waals surface area (Å²) in [5.41, 5.74) is 9.29. The maximum atomic E-state index is 12.6. The molecule has 0 spiro atoms. The van der Waals surface area contributed by atoms with Crippen LogP contribution in [0.1, 0.15) is 43.9 Å². The number of benzene rings is 1. The van der Waals surface area contributed by atoms with Gasteiger partial charge in [0, 0.05) is 13.1 Å². The van der Waals surface area contributed by atoms with Crippen molar-refractivity contribution >= 4 is 5.91 Å². The van der Waals surface area contributed by atoms with Crippen LogP contribution in [0.25, 0.3) is 0 Å². The number of nitrogens with two attached hydrogens (primary N) is 1. The minimum Gasteiger partial charge on any atom is -0.342 e. The van der Waals surface area contributed by atoms with Crippen LogP contribution in [0.3, 0.4) is 0 Å². The number of rotatable bonds is 7. The van der Waals surface area contributed by atoms with Crippen LogP contribution in [0, 0.1) is 19.3 Å². The molecule has 0 saturated heterocycles. The molecule has 0 aliphatic carbocycles. The quantitative estimate of drug-likeness (QED) is 0.839. The lowest BCUT2D eigenvalue weighted by Crippen LogP contribution is -2.43. The average Bonchev–Trinajstić information content (AvgIpc) is 2.42. The van der Waals surface area contributed by atoms with E-state index in [4.69, 9.17) is 5.73 Å². The number of aryl methyl sites for hydroxylation is 2. The molecule has 21 heavy (non-hydrogen) atoms. The van der Waals surface area contributed by atoms with E-state index in [2.05, 4.69) is 52.8 Å². The van der Waals surface area contributed by atoms with Gasteiger partial charge < -0.3 is 10.6 Å². The number of hydrogen-bond acceptors (Lipinski definition) is 2. The van der Waals surface area contributed by atoms with E-state index in [1.54, 1.807) is 0 Å². The van der Waals surface area contributed by atoms with Crippen LogP contribution in [0.4, 0.5) is 0 Å². The second-order valence-electron chi connectivity index (χ2n) is 6.79. The standard InChI is InChI=1S/C18H30N2O/c1-6-9-20(13-18(4,5)12-19)17(21)11-16-10-14(2)7-8-15(16)3/h7-8,10H,6,9,11-13,19H2,1-5H3. The largest absolute Gasteiger partial charge is 0.342 e. The van der Waals surface area contributed by atoms with E-state index in [1.807, 2.05) is 4.90 Å². The molecule has 0 aliphatic heterocycles. The topological polar surface area (TPSA) is 46.3 Å². The Labute approximate surface area is 129 Å². The van der Waals surface area contributed by atoms with Crippen molar-refractivity contribution in [3.05, 3.63) is 34.9 Å². The van der Waals surface area contributed by atoms with Gasteiger partial charge in [-0.05, 0) is 43.4 Å². The lowest BCUT2D eigenvalue weighted by molar-refractivity contribution is -0.131. The molecule has 0 saturated carbocycles. The number of carbonyl (C=O) groups is 1. The molecule has 1 rings (SSSR count). The summed E-state index contributed by atoms with van der Waals surface area (Å²) >= 11 is 0. The summed E-state index contributed by atoms with van der Waals surface area (Å²) in [5.74, 6) is 0.201. The molecule has 3 heteroatoms. The first kappa shape index (κ1) is 17.7. The zero-order valence-electron chi connectivity index (χ0n) is 14.2. The Morgan fingerprint density at radius 2 is 1.95 bits per heavy atom. The molecule has 0 atom stereocenters. The Balaban J connectivity index is 2.84. The second-order valence-corrected chi connectivity index (χ2v) is 6.79. The molecule has 118 valence electrons. The Morgan fingerprint density at radius 3 is 2.52 bits per heavy atom. The van der Waals surface area contributed by atoms with E-state index in [0.717, 1.165) is 25.1 Å². The van der Waals surface area contributed by atoms with E-state index in [1.165, 1.54) is 11.1 Å². The third kappa shape index (κ3) is 5.50. The monoisotopic (exact) mass is 290 g/mol. The van der Waals surface area contributed by atoms with E-state index in [0.29, 0.717) is 13.0 Å². The van der Waals surface area contributed by atoms with Gasteiger partial charge in [0.2, 0.25) is 5.91 Å². The summed E-state index contributed by atoms with van der Waals surface area (Å²) in [4.78, 5) is 14.6. The molecule has 0 aliphatic rings. The number of amides is 1. The highest BCUT2D eigenvalue weighted by Crippen LogP contribution is 2.18. The maximum absolute atomic E-state index is 12.6. The zero-order valence-corrected chi connectivity index (χ0v) is 14.2. The van der Waals surface area contributed by atoms with Crippen molar-refractivity contribution in [1.82, 2.24) is 4.90 Å².